The average Bonchev–Trinajstić information content (AvgIpc) is 3.21. The number of esters is 1. The molecule has 2 heterocycles. The third-order valence-electron chi connectivity index (χ3n) is 6.83. The van der Waals surface area contributed by atoms with Gasteiger partial charge in [-0.1, -0.05) is 25.1 Å². The highest BCUT2D eigenvalue weighted by molar-refractivity contribution is 6.12. The van der Waals surface area contributed by atoms with Crippen LogP contribution in [-0.4, -0.2) is 45.8 Å². The van der Waals surface area contributed by atoms with E-state index in [-0.39, 0.29) is 42.4 Å². The van der Waals surface area contributed by atoms with Gasteiger partial charge in [-0.2, -0.15) is 5.10 Å². The van der Waals surface area contributed by atoms with Crippen molar-refractivity contribution in [1.82, 2.24) is 15.1 Å². The first kappa shape index (κ1) is 23.0. The molecule has 1 unspecified atom stereocenters. The minimum Gasteiger partial charge on any atom is -0.461 e. The quantitative estimate of drug-likeness (QED) is 0.701. The summed E-state index contributed by atoms with van der Waals surface area (Å²) < 4.78 is 6.53. The number of anilines is 1. The maximum Gasteiger partial charge on any atom is 0.358 e. The normalized spacial score (nSPS) is 24.8. The SMILES string of the molecule is CCOC(=O)c1cc2n(n1)CC(C)(C(=O)NC1CCC(C)CC1)N(c1ccccc1C)C2=O. The second-order valence-corrected chi connectivity index (χ2v) is 9.42. The molecule has 1 fully saturated rings. The van der Waals surface area contributed by atoms with Crippen LogP contribution in [0.25, 0.3) is 0 Å². The molecule has 0 radical (unpaired) electrons. The molecule has 176 valence electrons. The second-order valence-electron chi connectivity index (χ2n) is 9.42. The second kappa shape index (κ2) is 9.00. The van der Waals surface area contributed by atoms with Crippen molar-refractivity contribution < 1.29 is 19.1 Å². The number of para-hydroxylation sites is 1. The molecule has 2 aliphatic rings. The molecule has 1 aliphatic heterocycles. The molecule has 4 rings (SSSR count). The number of carbonyl (C=O) groups excluding carboxylic acids is 3. The Hall–Kier alpha value is -3.16. The molecule has 1 aliphatic carbocycles. The minimum atomic E-state index is -1.21. The van der Waals surface area contributed by atoms with Gasteiger partial charge >= 0.3 is 5.97 Å². The number of carbonyl (C=O) groups is 3. The molecule has 1 saturated carbocycles. The summed E-state index contributed by atoms with van der Waals surface area (Å²) in [5, 5.41) is 7.52. The first-order chi connectivity index (χ1) is 15.7. The third kappa shape index (κ3) is 4.26. The number of hydrogen-bond acceptors (Lipinski definition) is 5. The van der Waals surface area contributed by atoms with Gasteiger partial charge in [0.05, 0.1) is 13.2 Å². The molecular formula is C25H32N4O4. The molecule has 1 atom stereocenters. The van der Waals surface area contributed by atoms with Crippen LogP contribution in [0.4, 0.5) is 5.69 Å². The molecule has 0 saturated heterocycles. The summed E-state index contributed by atoms with van der Waals surface area (Å²) in [7, 11) is 0. The van der Waals surface area contributed by atoms with Crippen LogP contribution in [0.3, 0.4) is 0 Å². The van der Waals surface area contributed by atoms with Gasteiger partial charge in [-0.3, -0.25) is 19.2 Å². The van der Waals surface area contributed by atoms with E-state index in [1.54, 1.807) is 18.7 Å². The fraction of sp³-hybridized carbons (Fsp3) is 0.520. The van der Waals surface area contributed by atoms with Gasteiger partial charge in [0.25, 0.3) is 5.91 Å². The lowest BCUT2D eigenvalue weighted by molar-refractivity contribution is -0.127. The van der Waals surface area contributed by atoms with Gasteiger partial charge in [0.15, 0.2) is 5.69 Å². The molecule has 2 amide bonds. The molecule has 33 heavy (non-hydrogen) atoms. The van der Waals surface area contributed by atoms with E-state index in [0.717, 1.165) is 31.2 Å². The molecule has 8 nitrogen and oxygen atoms in total. The predicted octanol–water partition coefficient (Wildman–Crippen LogP) is 3.48. The highest BCUT2D eigenvalue weighted by atomic mass is 16.5. The van der Waals surface area contributed by atoms with E-state index in [9.17, 15) is 14.4 Å². The topological polar surface area (TPSA) is 93.5 Å². The molecule has 8 heteroatoms. The predicted molar refractivity (Wildman–Crippen MR) is 124 cm³/mol. The zero-order chi connectivity index (χ0) is 23.8. The van der Waals surface area contributed by atoms with Crippen LogP contribution in [0.15, 0.2) is 30.3 Å². The fourth-order valence-electron chi connectivity index (χ4n) is 4.82. The van der Waals surface area contributed by atoms with Crippen LogP contribution in [0.2, 0.25) is 0 Å². The number of benzene rings is 1. The Morgan fingerprint density at radius 3 is 2.58 bits per heavy atom. The first-order valence-electron chi connectivity index (χ1n) is 11.7. The summed E-state index contributed by atoms with van der Waals surface area (Å²) >= 11 is 0. The fourth-order valence-corrected chi connectivity index (χ4v) is 4.82. The molecule has 1 aromatic heterocycles. The lowest BCUT2D eigenvalue weighted by Gasteiger charge is -2.44. The number of nitrogens with zero attached hydrogens (tertiary/aromatic N) is 3. The van der Waals surface area contributed by atoms with Gasteiger partial charge in [-0.25, -0.2) is 4.79 Å². The Morgan fingerprint density at radius 1 is 1.21 bits per heavy atom. The first-order valence-corrected chi connectivity index (χ1v) is 11.7. The van der Waals surface area contributed by atoms with Crippen molar-refractivity contribution >= 4 is 23.5 Å². The third-order valence-corrected chi connectivity index (χ3v) is 6.83. The van der Waals surface area contributed by atoms with Gasteiger partial charge in [0.1, 0.15) is 11.2 Å². The van der Waals surface area contributed by atoms with Gasteiger partial charge in [0.2, 0.25) is 5.91 Å². The standard InChI is InChI=1S/C25H32N4O4/c1-5-33-23(31)19-14-21-22(30)29(20-9-7-6-8-17(20)3)25(4,15-28(21)27-19)24(32)26-18-12-10-16(2)11-13-18/h6-9,14,16,18H,5,10-13,15H2,1-4H3,(H,26,32). The maximum absolute atomic E-state index is 13.8. The summed E-state index contributed by atoms with van der Waals surface area (Å²) in [5.74, 6) is -0.496. The monoisotopic (exact) mass is 452 g/mol. The number of aryl methyl sites for hydroxylation is 1. The number of rotatable bonds is 5. The molecule has 1 aromatic carbocycles. The van der Waals surface area contributed by atoms with Crippen molar-refractivity contribution in [3.63, 3.8) is 0 Å². The summed E-state index contributed by atoms with van der Waals surface area (Å²) in [6, 6.07) is 9.06. The number of hydrogen-bond donors (Lipinski definition) is 1. The Balaban J connectivity index is 1.73. The number of amides is 2. The van der Waals surface area contributed by atoms with Crippen molar-refractivity contribution in [2.24, 2.45) is 5.92 Å². The average molecular weight is 453 g/mol. The number of fused-ring (bicyclic) bond motifs is 1. The highest BCUT2D eigenvalue weighted by Gasteiger charge is 2.50. The van der Waals surface area contributed by atoms with Gasteiger partial charge in [-0.15, -0.1) is 0 Å². The largest absolute Gasteiger partial charge is 0.461 e. The number of ether oxygens (including phenoxy) is 1. The minimum absolute atomic E-state index is 0.0656. The molecule has 0 spiro atoms. The van der Waals surface area contributed by atoms with E-state index in [2.05, 4.69) is 17.3 Å². The van der Waals surface area contributed by atoms with Crippen LogP contribution in [0.5, 0.6) is 0 Å². The van der Waals surface area contributed by atoms with Crippen LogP contribution < -0.4 is 10.2 Å². The van der Waals surface area contributed by atoms with Crippen LogP contribution in [0.1, 0.15) is 73.0 Å². The zero-order valence-electron chi connectivity index (χ0n) is 19.8. The Labute approximate surface area is 194 Å². The number of aromatic nitrogens is 2. The van der Waals surface area contributed by atoms with Crippen molar-refractivity contribution in [3.05, 3.63) is 47.3 Å². The van der Waals surface area contributed by atoms with Crippen molar-refractivity contribution in [2.45, 2.75) is 71.5 Å². The smallest absolute Gasteiger partial charge is 0.358 e. The maximum atomic E-state index is 13.8. The molecule has 1 N–H and O–H groups in total. The molecule has 2 aromatic rings. The van der Waals surface area contributed by atoms with E-state index in [1.165, 1.54) is 10.7 Å². The van der Waals surface area contributed by atoms with E-state index < -0.39 is 11.5 Å². The van der Waals surface area contributed by atoms with Crippen molar-refractivity contribution in [1.29, 1.82) is 0 Å². The number of nitrogens with one attached hydrogen (secondary N) is 1. The van der Waals surface area contributed by atoms with Gasteiger partial charge in [-0.05, 0) is 64.0 Å². The van der Waals surface area contributed by atoms with Gasteiger partial charge in [0, 0.05) is 17.8 Å². The van der Waals surface area contributed by atoms with Crippen molar-refractivity contribution in [2.75, 3.05) is 11.5 Å². The zero-order valence-corrected chi connectivity index (χ0v) is 19.8. The van der Waals surface area contributed by atoms with Crippen LogP contribution in [0, 0.1) is 12.8 Å². The van der Waals surface area contributed by atoms with Crippen molar-refractivity contribution in [3.8, 4) is 0 Å². The van der Waals surface area contributed by atoms with Gasteiger partial charge < -0.3 is 10.1 Å². The Bertz CT molecular complexity index is 1070. The Morgan fingerprint density at radius 2 is 1.91 bits per heavy atom. The summed E-state index contributed by atoms with van der Waals surface area (Å²) in [6.07, 6.45) is 4.02. The van der Waals surface area contributed by atoms with E-state index >= 15 is 0 Å². The lowest BCUT2D eigenvalue weighted by Crippen LogP contribution is -2.65. The molecular weight excluding hydrogens is 420 g/mol. The van der Waals surface area contributed by atoms with E-state index in [4.69, 9.17) is 4.74 Å². The summed E-state index contributed by atoms with van der Waals surface area (Å²) in [6.45, 7) is 7.99. The lowest BCUT2D eigenvalue weighted by atomic mass is 9.86. The highest BCUT2D eigenvalue weighted by Crippen LogP contribution is 2.35. The van der Waals surface area contributed by atoms with E-state index in [0.29, 0.717) is 11.6 Å². The molecule has 0 bridgehead atoms. The summed E-state index contributed by atoms with van der Waals surface area (Å²) in [5.41, 5.74) is 0.670. The Kier molecular flexibility index (Phi) is 6.28. The van der Waals surface area contributed by atoms with Crippen LogP contribution >= 0.6 is 0 Å². The summed E-state index contributed by atoms with van der Waals surface area (Å²) in [4.78, 5) is 41.3. The van der Waals surface area contributed by atoms with E-state index in [1.807, 2.05) is 31.2 Å². The van der Waals surface area contributed by atoms with Crippen LogP contribution in [-0.2, 0) is 16.1 Å².